The van der Waals surface area contributed by atoms with Gasteiger partial charge in [0.1, 0.15) is 11.6 Å². The smallest absolute Gasteiger partial charge is 0.338 e. The minimum absolute atomic E-state index is 0.0221. The monoisotopic (exact) mass is 383 g/mol. The van der Waals surface area contributed by atoms with Gasteiger partial charge in [-0.25, -0.2) is 9.48 Å². The molecule has 0 aliphatic rings. The van der Waals surface area contributed by atoms with Crippen molar-refractivity contribution < 1.29 is 14.3 Å². The summed E-state index contributed by atoms with van der Waals surface area (Å²) in [6.07, 6.45) is 1.93. The number of hydrogen-bond donors (Lipinski definition) is 1. The lowest BCUT2D eigenvalue weighted by Gasteiger charge is -2.08. The van der Waals surface area contributed by atoms with Crippen molar-refractivity contribution in [2.75, 3.05) is 11.9 Å². The molecule has 0 aliphatic heterocycles. The van der Waals surface area contributed by atoms with Gasteiger partial charge in [0.15, 0.2) is 0 Å². The fourth-order valence-corrected chi connectivity index (χ4v) is 2.13. The van der Waals surface area contributed by atoms with Gasteiger partial charge in [0, 0.05) is 5.69 Å². The topological polar surface area (TPSA) is 90.3 Å². The van der Waals surface area contributed by atoms with Crippen LogP contribution in [0.5, 0.6) is 0 Å². The Kier molecular flexibility index (Phi) is 6.55. The van der Waals surface area contributed by atoms with Crippen LogP contribution < -0.4 is 10.9 Å². The lowest BCUT2D eigenvalue weighted by molar-refractivity contribution is -0.117. The highest BCUT2D eigenvalue weighted by atomic mass is 35.5. The third-order valence-corrected chi connectivity index (χ3v) is 3.83. The van der Waals surface area contributed by atoms with Crippen molar-refractivity contribution >= 4 is 40.8 Å². The Labute approximate surface area is 153 Å². The summed E-state index contributed by atoms with van der Waals surface area (Å²) in [6, 6.07) is 6.20. The van der Waals surface area contributed by atoms with Crippen molar-refractivity contribution in [1.82, 2.24) is 9.78 Å². The predicted octanol–water partition coefficient (Wildman–Crippen LogP) is 2.76. The summed E-state index contributed by atoms with van der Waals surface area (Å²) in [6.45, 7) is 1.93. The van der Waals surface area contributed by atoms with Crippen LogP contribution in [0.2, 0.25) is 10.0 Å². The molecule has 0 atom stereocenters. The molecule has 0 fully saturated rings. The number of benzene rings is 1. The number of rotatable bonds is 6. The molecular weight excluding hydrogens is 369 g/mol. The van der Waals surface area contributed by atoms with Crippen LogP contribution in [0.1, 0.15) is 23.7 Å². The van der Waals surface area contributed by atoms with E-state index in [0.717, 1.165) is 11.1 Å². The lowest BCUT2D eigenvalue weighted by Crippen LogP contribution is -2.29. The first kappa shape index (κ1) is 19.0. The van der Waals surface area contributed by atoms with Crippen LogP contribution in [-0.2, 0) is 16.1 Å². The summed E-state index contributed by atoms with van der Waals surface area (Å²) in [5.41, 5.74) is 0.192. The van der Waals surface area contributed by atoms with Crippen LogP contribution >= 0.6 is 23.2 Å². The molecule has 1 aromatic carbocycles. The van der Waals surface area contributed by atoms with Gasteiger partial charge in [-0.2, -0.15) is 5.10 Å². The van der Waals surface area contributed by atoms with E-state index in [1.165, 1.54) is 18.3 Å². The first-order valence-corrected chi connectivity index (χ1v) is 8.16. The van der Waals surface area contributed by atoms with Gasteiger partial charge in [-0.15, -0.1) is 0 Å². The van der Waals surface area contributed by atoms with E-state index in [4.69, 9.17) is 27.9 Å². The van der Waals surface area contributed by atoms with Crippen LogP contribution in [0.15, 0.2) is 35.3 Å². The summed E-state index contributed by atoms with van der Waals surface area (Å²) >= 11 is 11.4. The molecule has 132 valence electrons. The first-order valence-electron chi connectivity index (χ1n) is 7.40. The lowest BCUT2D eigenvalue weighted by atomic mass is 10.2. The Balaban J connectivity index is 2.00. The number of amides is 1. The Morgan fingerprint density at radius 1 is 1.24 bits per heavy atom. The van der Waals surface area contributed by atoms with Gasteiger partial charge in [0.05, 0.1) is 23.4 Å². The van der Waals surface area contributed by atoms with Gasteiger partial charge in [-0.1, -0.05) is 30.1 Å². The second-order valence-corrected chi connectivity index (χ2v) is 5.82. The zero-order chi connectivity index (χ0) is 18.4. The van der Waals surface area contributed by atoms with E-state index in [2.05, 4.69) is 10.4 Å². The third kappa shape index (κ3) is 5.04. The normalized spacial score (nSPS) is 10.4. The molecule has 9 heteroatoms. The molecule has 7 nitrogen and oxygen atoms in total. The number of halogens is 2. The van der Waals surface area contributed by atoms with Crippen molar-refractivity contribution in [1.29, 1.82) is 0 Å². The molecular formula is C16H15Cl2N3O4. The molecule has 0 bridgehead atoms. The maximum absolute atomic E-state index is 12.0. The Morgan fingerprint density at radius 2 is 1.92 bits per heavy atom. The molecule has 1 N–H and O–H groups in total. The van der Waals surface area contributed by atoms with E-state index in [-0.39, 0.29) is 16.6 Å². The largest absolute Gasteiger partial charge is 0.462 e. The van der Waals surface area contributed by atoms with Gasteiger partial charge in [0.25, 0.3) is 5.56 Å². The van der Waals surface area contributed by atoms with E-state index in [9.17, 15) is 14.4 Å². The van der Waals surface area contributed by atoms with Gasteiger partial charge >= 0.3 is 5.97 Å². The molecule has 1 aromatic heterocycles. The molecule has 0 radical (unpaired) electrons. The molecule has 0 spiro atoms. The van der Waals surface area contributed by atoms with Gasteiger partial charge in [0.2, 0.25) is 5.91 Å². The van der Waals surface area contributed by atoms with Crippen LogP contribution in [0.3, 0.4) is 0 Å². The first-order chi connectivity index (χ1) is 11.9. The number of carbonyl (C=O) groups excluding carboxylic acids is 2. The van der Waals surface area contributed by atoms with E-state index < -0.39 is 17.4 Å². The highest BCUT2D eigenvalue weighted by Crippen LogP contribution is 2.15. The number of nitrogens with zero attached hydrogens (tertiary/aromatic N) is 2. The van der Waals surface area contributed by atoms with E-state index in [0.29, 0.717) is 17.9 Å². The van der Waals surface area contributed by atoms with Gasteiger partial charge in [-0.3, -0.25) is 9.59 Å². The van der Waals surface area contributed by atoms with Crippen molar-refractivity contribution in [2.45, 2.75) is 19.9 Å². The van der Waals surface area contributed by atoms with Crippen molar-refractivity contribution in [3.8, 4) is 0 Å². The molecule has 0 saturated heterocycles. The number of anilines is 1. The van der Waals surface area contributed by atoms with E-state index in [1.54, 1.807) is 12.1 Å². The summed E-state index contributed by atoms with van der Waals surface area (Å²) < 4.78 is 5.92. The highest BCUT2D eigenvalue weighted by molar-refractivity contribution is 6.41. The van der Waals surface area contributed by atoms with Crippen LogP contribution in [-0.4, -0.2) is 28.3 Å². The quantitative estimate of drug-likeness (QED) is 0.774. The van der Waals surface area contributed by atoms with Crippen LogP contribution in [0.25, 0.3) is 0 Å². The number of esters is 1. The standard InChI is InChI=1S/C16H15Cl2N3O4/c1-2-7-25-16(24)10-3-5-11(6-4-10)20-13(22)9-21-15(23)14(18)12(17)8-19-21/h3-6,8H,2,7,9H2,1H3,(H,20,22). The van der Waals surface area contributed by atoms with Crippen LogP contribution in [0.4, 0.5) is 5.69 Å². The zero-order valence-electron chi connectivity index (χ0n) is 13.3. The molecule has 25 heavy (non-hydrogen) atoms. The molecule has 0 saturated carbocycles. The van der Waals surface area contributed by atoms with E-state index in [1.807, 2.05) is 6.92 Å². The number of ether oxygens (including phenoxy) is 1. The minimum atomic E-state index is -0.654. The fourth-order valence-electron chi connectivity index (χ4n) is 1.86. The summed E-state index contributed by atoms with van der Waals surface area (Å²) in [5.74, 6) is -0.902. The highest BCUT2D eigenvalue weighted by Gasteiger charge is 2.12. The molecule has 2 rings (SSSR count). The summed E-state index contributed by atoms with van der Waals surface area (Å²) in [7, 11) is 0. The Bertz CT molecular complexity index is 834. The molecule has 0 aliphatic carbocycles. The number of aromatic nitrogens is 2. The zero-order valence-corrected chi connectivity index (χ0v) is 14.8. The average Bonchev–Trinajstić information content (AvgIpc) is 2.61. The van der Waals surface area contributed by atoms with Gasteiger partial charge < -0.3 is 10.1 Å². The maximum atomic E-state index is 12.0. The van der Waals surface area contributed by atoms with Crippen molar-refractivity contribution in [2.24, 2.45) is 0 Å². The second kappa shape index (κ2) is 8.64. The average molecular weight is 384 g/mol. The number of nitrogens with one attached hydrogen (secondary N) is 1. The van der Waals surface area contributed by atoms with Crippen molar-refractivity contribution in [3.05, 3.63) is 56.4 Å². The summed E-state index contributed by atoms with van der Waals surface area (Å²) in [5, 5.41) is 6.17. The van der Waals surface area contributed by atoms with E-state index >= 15 is 0 Å². The molecule has 1 amide bonds. The Hall–Kier alpha value is -2.38. The van der Waals surface area contributed by atoms with Gasteiger partial charge in [-0.05, 0) is 30.7 Å². The SMILES string of the molecule is CCCOC(=O)c1ccc(NC(=O)Cn2ncc(Cl)c(Cl)c2=O)cc1. The molecule has 2 aromatic rings. The molecule has 0 unspecified atom stereocenters. The number of carbonyl (C=O) groups is 2. The second-order valence-electron chi connectivity index (χ2n) is 5.03. The molecule has 1 heterocycles. The predicted molar refractivity (Wildman–Crippen MR) is 94.2 cm³/mol. The minimum Gasteiger partial charge on any atom is -0.462 e. The summed E-state index contributed by atoms with van der Waals surface area (Å²) in [4.78, 5) is 35.5. The third-order valence-electron chi connectivity index (χ3n) is 3.08. The number of hydrogen-bond acceptors (Lipinski definition) is 5. The maximum Gasteiger partial charge on any atom is 0.338 e. The van der Waals surface area contributed by atoms with Crippen LogP contribution in [0, 0.1) is 0 Å². The fraction of sp³-hybridized carbons (Fsp3) is 0.250. The van der Waals surface area contributed by atoms with Crippen molar-refractivity contribution in [3.63, 3.8) is 0 Å². The Morgan fingerprint density at radius 3 is 2.56 bits per heavy atom.